The van der Waals surface area contributed by atoms with Crippen molar-refractivity contribution in [2.45, 2.75) is 58.4 Å². The first kappa shape index (κ1) is 14.3. The molecule has 19 heavy (non-hydrogen) atoms. The van der Waals surface area contributed by atoms with Crippen molar-refractivity contribution in [3.05, 3.63) is 46.5 Å². The Morgan fingerprint density at radius 1 is 1.05 bits per heavy atom. The molecule has 0 saturated carbocycles. The Hall–Kier alpha value is -1.08. The van der Waals surface area contributed by atoms with Gasteiger partial charge in [-0.15, -0.1) is 0 Å². The topological polar surface area (TPSA) is 12.0 Å². The molecule has 104 valence electrons. The van der Waals surface area contributed by atoms with E-state index < -0.39 is 0 Å². The maximum absolute atomic E-state index is 3.50. The van der Waals surface area contributed by atoms with Crippen molar-refractivity contribution in [1.82, 2.24) is 5.32 Å². The van der Waals surface area contributed by atoms with Crippen LogP contribution in [0, 0.1) is 13.8 Å². The van der Waals surface area contributed by atoms with Gasteiger partial charge in [-0.3, -0.25) is 0 Å². The van der Waals surface area contributed by atoms with Crippen molar-refractivity contribution >= 4 is 0 Å². The van der Waals surface area contributed by atoms with Crippen molar-refractivity contribution in [2.75, 3.05) is 7.05 Å². The summed E-state index contributed by atoms with van der Waals surface area (Å²) < 4.78 is 0. The van der Waals surface area contributed by atoms with Crippen LogP contribution in [0.1, 0.15) is 48.8 Å². The molecule has 1 aromatic rings. The van der Waals surface area contributed by atoms with E-state index in [4.69, 9.17) is 0 Å². The molecule has 1 atom stereocenters. The van der Waals surface area contributed by atoms with Gasteiger partial charge in [0.05, 0.1) is 0 Å². The zero-order chi connectivity index (χ0) is 13.7. The molecule has 1 aliphatic carbocycles. The molecule has 1 N–H and O–H groups in total. The summed E-state index contributed by atoms with van der Waals surface area (Å²) in [5.74, 6) is 0. The van der Waals surface area contributed by atoms with Crippen LogP contribution >= 0.6 is 0 Å². The second-order valence-electron chi connectivity index (χ2n) is 6.00. The highest BCUT2D eigenvalue weighted by Crippen LogP contribution is 2.22. The normalized spacial score (nSPS) is 17.1. The number of likely N-dealkylation sites (N-methyl/N-ethyl adjacent to an activating group) is 1. The van der Waals surface area contributed by atoms with E-state index in [0.29, 0.717) is 6.04 Å². The van der Waals surface area contributed by atoms with Crippen LogP contribution < -0.4 is 5.32 Å². The number of hydrogen-bond acceptors (Lipinski definition) is 1. The zero-order valence-corrected chi connectivity index (χ0v) is 12.6. The molecule has 0 heterocycles. The van der Waals surface area contributed by atoms with E-state index in [-0.39, 0.29) is 0 Å². The van der Waals surface area contributed by atoms with Gasteiger partial charge in [-0.2, -0.15) is 0 Å². The fraction of sp³-hybridized carbons (Fsp3) is 0.556. The van der Waals surface area contributed by atoms with E-state index in [1.165, 1.54) is 48.8 Å². The van der Waals surface area contributed by atoms with Gasteiger partial charge >= 0.3 is 0 Å². The predicted octanol–water partition coefficient (Wildman–Crippen LogP) is 4.32. The van der Waals surface area contributed by atoms with E-state index in [0.717, 1.165) is 6.42 Å². The third kappa shape index (κ3) is 4.50. The predicted molar refractivity (Wildman–Crippen MR) is 83.6 cm³/mol. The highest BCUT2D eigenvalue weighted by molar-refractivity contribution is 5.29. The van der Waals surface area contributed by atoms with Gasteiger partial charge in [0.2, 0.25) is 0 Å². The van der Waals surface area contributed by atoms with Crippen LogP contribution in [0.2, 0.25) is 0 Å². The fourth-order valence-corrected chi connectivity index (χ4v) is 3.15. The number of aryl methyl sites for hydroxylation is 2. The summed E-state index contributed by atoms with van der Waals surface area (Å²) >= 11 is 0. The van der Waals surface area contributed by atoms with Crippen LogP contribution in [0.5, 0.6) is 0 Å². The molecule has 1 aromatic carbocycles. The Morgan fingerprint density at radius 2 is 1.79 bits per heavy atom. The van der Waals surface area contributed by atoms with E-state index >= 15 is 0 Å². The highest BCUT2D eigenvalue weighted by Gasteiger charge is 2.12. The average molecular weight is 257 g/mol. The summed E-state index contributed by atoms with van der Waals surface area (Å²) in [6.07, 6.45) is 10.2. The van der Waals surface area contributed by atoms with Gasteiger partial charge in [0.25, 0.3) is 0 Å². The van der Waals surface area contributed by atoms with Crippen molar-refractivity contribution in [3.63, 3.8) is 0 Å². The van der Waals surface area contributed by atoms with E-state index in [1.54, 1.807) is 5.57 Å². The van der Waals surface area contributed by atoms with Crippen LogP contribution in [0.15, 0.2) is 29.8 Å². The van der Waals surface area contributed by atoms with Crippen molar-refractivity contribution < 1.29 is 0 Å². The van der Waals surface area contributed by atoms with Crippen molar-refractivity contribution in [1.29, 1.82) is 0 Å². The fourth-order valence-electron chi connectivity index (χ4n) is 3.15. The Balaban J connectivity index is 1.99. The number of nitrogens with one attached hydrogen (secondary N) is 1. The molecular formula is C18H27N. The molecular weight excluding hydrogens is 230 g/mol. The van der Waals surface area contributed by atoms with Gasteiger partial charge in [-0.25, -0.2) is 0 Å². The minimum absolute atomic E-state index is 0.575. The molecule has 0 saturated heterocycles. The summed E-state index contributed by atoms with van der Waals surface area (Å²) in [7, 11) is 2.09. The Bertz CT molecular complexity index is 425. The Morgan fingerprint density at radius 3 is 2.37 bits per heavy atom. The molecule has 2 rings (SSSR count). The Labute approximate surface area is 118 Å². The summed E-state index contributed by atoms with van der Waals surface area (Å²) in [6, 6.07) is 7.48. The van der Waals surface area contributed by atoms with E-state index in [9.17, 15) is 0 Å². The average Bonchev–Trinajstić information content (AvgIpc) is 2.38. The lowest BCUT2D eigenvalue weighted by atomic mass is 9.91. The third-order valence-electron chi connectivity index (χ3n) is 4.07. The van der Waals surface area contributed by atoms with Crippen LogP contribution in [-0.4, -0.2) is 13.1 Å². The van der Waals surface area contributed by atoms with Crippen LogP contribution in [0.4, 0.5) is 0 Å². The molecule has 0 fully saturated rings. The lowest BCUT2D eigenvalue weighted by Gasteiger charge is -2.21. The summed E-state index contributed by atoms with van der Waals surface area (Å²) in [4.78, 5) is 0. The highest BCUT2D eigenvalue weighted by atomic mass is 14.9. The molecule has 0 bridgehead atoms. The van der Waals surface area contributed by atoms with Gasteiger partial charge in [-0.05, 0) is 65.0 Å². The number of hydrogen-bond donors (Lipinski definition) is 1. The minimum atomic E-state index is 0.575. The second-order valence-corrected chi connectivity index (χ2v) is 6.00. The second kappa shape index (κ2) is 6.91. The quantitative estimate of drug-likeness (QED) is 0.774. The van der Waals surface area contributed by atoms with Gasteiger partial charge in [0, 0.05) is 6.04 Å². The number of allylic oxidation sites excluding steroid dienone is 1. The van der Waals surface area contributed by atoms with Gasteiger partial charge in [-0.1, -0.05) is 41.0 Å². The van der Waals surface area contributed by atoms with Crippen LogP contribution in [0.3, 0.4) is 0 Å². The molecule has 1 aliphatic rings. The van der Waals surface area contributed by atoms with Gasteiger partial charge in [0.1, 0.15) is 0 Å². The summed E-state index contributed by atoms with van der Waals surface area (Å²) in [5.41, 5.74) is 5.88. The maximum atomic E-state index is 3.50. The van der Waals surface area contributed by atoms with Gasteiger partial charge in [0.15, 0.2) is 0 Å². The SMILES string of the molecule is CNC(CC1=CCCCC1)Cc1cc(C)cc(C)c1. The maximum Gasteiger partial charge on any atom is 0.0142 e. The molecule has 0 aliphatic heterocycles. The van der Waals surface area contributed by atoms with Gasteiger partial charge < -0.3 is 5.32 Å². The summed E-state index contributed by atoms with van der Waals surface area (Å²) in [6.45, 7) is 4.38. The lowest BCUT2D eigenvalue weighted by Crippen LogP contribution is -2.28. The van der Waals surface area contributed by atoms with Crippen molar-refractivity contribution in [3.8, 4) is 0 Å². The molecule has 1 heteroatoms. The largest absolute Gasteiger partial charge is 0.316 e. The minimum Gasteiger partial charge on any atom is -0.316 e. The molecule has 1 nitrogen and oxygen atoms in total. The standard InChI is InChI=1S/C18H27N/c1-14-9-15(2)11-17(10-14)13-18(19-3)12-16-7-5-4-6-8-16/h7,9-11,18-19H,4-6,8,12-13H2,1-3H3. The number of benzene rings is 1. The third-order valence-corrected chi connectivity index (χ3v) is 4.07. The van der Waals surface area contributed by atoms with E-state index in [1.807, 2.05) is 0 Å². The first-order chi connectivity index (χ1) is 9.17. The Kier molecular flexibility index (Phi) is 5.21. The molecule has 0 radical (unpaired) electrons. The smallest absolute Gasteiger partial charge is 0.0142 e. The summed E-state index contributed by atoms with van der Waals surface area (Å²) in [5, 5.41) is 3.50. The molecule has 1 unspecified atom stereocenters. The van der Waals surface area contributed by atoms with Crippen molar-refractivity contribution in [2.24, 2.45) is 0 Å². The lowest BCUT2D eigenvalue weighted by molar-refractivity contribution is 0.532. The molecule has 0 aromatic heterocycles. The first-order valence-corrected chi connectivity index (χ1v) is 7.59. The monoisotopic (exact) mass is 257 g/mol. The first-order valence-electron chi connectivity index (χ1n) is 7.59. The van der Waals surface area contributed by atoms with E-state index in [2.05, 4.69) is 50.5 Å². The molecule has 0 amide bonds. The zero-order valence-electron chi connectivity index (χ0n) is 12.6. The van der Waals surface area contributed by atoms with Crippen LogP contribution in [-0.2, 0) is 6.42 Å². The number of rotatable bonds is 5. The molecule has 0 spiro atoms. The van der Waals surface area contributed by atoms with Crippen LogP contribution in [0.25, 0.3) is 0 Å².